The zero-order valence-corrected chi connectivity index (χ0v) is 15.3. The van der Waals surface area contributed by atoms with Crippen molar-refractivity contribution < 1.29 is 4.79 Å². The van der Waals surface area contributed by atoms with Gasteiger partial charge in [0.15, 0.2) is 0 Å². The molecule has 2 saturated heterocycles. The molecule has 0 N–H and O–H groups in total. The average Bonchev–Trinajstić information content (AvgIpc) is 2.75. The molecule has 0 unspecified atom stereocenters. The number of ketones is 1. The second-order valence-electron chi connectivity index (χ2n) is 8.52. The molecule has 126 valence electrons. The number of fused-ring (bicyclic) bond motifs is 2. The van der Waals surface area contributed by atoms with Gasteiger partial charge in [0, 0.05) is 24.4 Å². The Morgan fingerprint density at radius 1 is 1.17 bits per heavy atom. The second-order valence-corrected chi connectivity index (χ2v) is 8.52. The molecular weight excluding hydrogens is 282 g/mol. The maximum atomic E-state index is 12.7. The van der Waals surface area contributed by atoms with Gasteiger partial charge in [-0.3, -0.25) is 9.69 Å². The van der Waals surface area contributed by atoms with Crippen molar-refractivity contribution in [1.82, 2.24) is 4.90 Å². The summed E-state index contributed by atoms with van der Waals surface area (Å²) < 4.78 is 0. The highest BCUT2D eigenvalue weighted by Gasteiger charge is 2.48. The predicted octanol–water partition coefficient (Wildman–Crippen LogP) is 4.53. The van der Waals surface area contributed by atoms with Crippen molar-refractivity contribution in [2.24, 2.45) is 5.92 Å². The van der Waals surface area contributed by atoms with Crippen molar-refractivity contribution in [3.63, 3.8) is 0 Å². The molecule has 2 aliphatic heterocycles. The first kappa shape index (κ1) is 16.7. The van der Waals surface area contributed by atoms with Crippen LogP contribution in [0.2, 0.25) is 0 Å². The minimum Gasteiger partial charge on any atom is -0.300 e. The summed E-state index contributed by atoms with van der Waals surface area (Å²) in [6.07, 6.45) is 4.24. The van der Waals surface area contributed by atoms with Crippen LogP contribution in [0.1, 0.15) is 70.4 Å². The number of nitrogens with zero attached hydrogens (tertiary/aromatic N) is 1. The molecule has 2 heterocycles. The van der Waals surface area contributed by atoms with Gasteiger partial charge in [-0.25, -0.2) is 0 Å². The van der Waals surface area contributed by atoms with Crippen molar-refractivity contribution in [1.29, 1.82) is 0 Å². The second kappa shape index (κ2) is 6.05. The summed E-state index contributed by atoms with van der Waals surface area (Å²) >= 11 is 0. The van der Waals surface area contributed by atoms with E-state index in [1.54, 1.807) is 0 Å². The van der Waals surface area contributed by atoms with Crippen LogP contribution in [-0.2, 0) is 10.2 Å². The fraction of sp³-hybridized carbons (Fsp3) is 0.667. The van der Waals surface area contributed by atoms with Crippen molar-refractivity contribution in [3.05, 3.63) is 35.4 Å². The van der Waals surface area contributed by atoms with E-state index in [1.165, 1.54) is 24.0 Å². The largest absolute Gasteiger partial charge is 0.300 e. The maximum Gasteiger partial charge on any atom is 0.137 e. The van der Waals surface area contributed by atoms with Crippen molar-refractivity contribution in [3.8, 4) is 0 Å². The summed E-state index contributed by atoms with van der Waals surface area (Å²) in [7, 11) is 2.22. The number of rotatable bonds is 3. The molecule has 1 aromatic rings. The summed E-state index contributed by atoms with van der Waals surface area (Å²) in [5, 5.41) is 0. The van der Waals surface area contributed by atoms with E-state index in [4.69, 9.17) is 0 Å². The fourth-order valence-corrected chi connectivity index (χ4v) is 4.71. The highest BCUT2D eigenvalue weighted by molar-refractivity contribution is 5.82. The number of carbonyl (C=O) groups is 1. The molecule has 2 heteroatoms. The third kappa shape index (κ3) is 2.98. The van der Waals surface area contributed by atoms with Gasteiger partial charge in [-0.1, -0.05) is 52.0 Å². The quantitative estimate of drug-likeness (QED) is 0.817. The van der Waals surface area contributed by atoms with E-state index < -0.39 is 0 Å². The summed E-state index contributed by atoms with van der Waals surface area (Å²) in [5.41, 5.74) is 2.92. The smallest absolute Gasteiger partial charge is 0.137 e. The Bertz CT molecular complexity index is 568. The van der Waals surface area contributed by atoms with Crippen LogP contribution in [0.3, 0.4) is 0 Å². The Balaban J connectivity index is 1.92. The van der Waals surface area contributed by atoms with Crippen molar-refractivity contribution in [2.45, 2.75) is 76.8 Å². The fourth-order valence-electron chi connectivity index (χ4n) is 4.71. The third-order valence-electron chi connectivity index (χ3n) is 6.19. The zero-order valence-electron chi connectivity index (χ0n) is 15.3. The van der Waals surface area contributed by atoms with Crippen LogP contribution in [0, 0.1) is 5.92 Å². The van der Waals surface area contributed by atoms with E-state index in [-0.39, 0.29) is 11.3 Å². The van der Waals surface area contributed by atoms with Crippen molar-refractivity contribution in [2.75, 3.05) is 7.05 Å². The first-order valence-corrected chi connectivity index (χ1v) is 9.18. The molecule has 1 aromatic carbocycles. The number of carbonyl (C=O) groups excluding carboxylic acids is 1. The summed E-state index contributed by atoms with van der Waals surface area (Å²) in [5.74, 6) is 1.04. The van der Waals surface area contributed by atoms with E-state index in [0.717, 1.165) is 6.42 Å². The van der Waals surface area contributed by atoms with Crippen LogP contribution in [0.25, 0.3) is 0 Å². The molecule has 0 radical (unpaired) electrons. The predicted molar refractivity (Wildman–Crippen MR) is 95.9 cm³/mol. The molecule has 2 aliphatic rings. The first-order valence-electron chi connectivity index (χ1n) is 9.18. The van der Waals surface area contributed by atoms with E-state index >= 15 is 0 Å². The molecule has 0 amide bonds. The molecule has 2 bridgehead atoms. The third-order valence-corrected chi connectivity index (χ3v) is 6.19. The molecule has 4 atom stereocenters. The molecule has 2 nitrogen and oxygen atoms in total. The van der Waals surface area contributed by atoms with E-state index in [9.17, 15) is 4.79 Å². The molecule has 0 aliphatic carbocycles. The van der Waals surface area contributed by atoms with Gasteiger partial charge >= 0.3 is 0 Å². The van der Waals surface area contributed by atoms with Crippen LogP contribution in [0.15, 0.2) is 24.3 Å². The highest BCUT2D eigenvalue weighted by atomic mass is 16.1. The Labute approximate surface area is 141 Å². The normalized spacial score (nSPS) is 31.3. The lowest BCUT2D eigenvalue weighted by molar-refractivity contribution is -0.126. The number of Topliss-reactive ketones (excluding diaryl/α,β-unsaturated/α-hetero) is 1. The Kier molecular flexibility index (Phi) is 4.39. The van der Waals surface area contributed by atoms with E-state index in [1.807, 2.05) is 6.92 Å². The highest BCUT2D eigenvalue weighted by Crippen LogP contribution is 2.47. The van der Waals surface area contributed by atoms with Gasteiger partial charge in [0.05, 0.1) is 0 Å². The van der Waals surface area contributed by atoms with Gasteiger partial charge in [-0.2, -0.15) is 0 Å². The standard InChI is InChI=1S/C21H31NO/c1-6-19(23)20-17(13-16-11-12-18(20)22(16)5)14-7-9-15(10-8-14)21(2,3)4/h7-10,16-18,20H,6,11-13H2,1-5H3/t16-,17+,18+,20-/m0/s1. The molecule has 0 aromatic heterocycles. The molecule has 0 saturated carbocycles. The van der Waals surface area contributed by atoms with Crippen LogP contribution in [0.5, 0.6) is 0 Å². The topological polar surface area (TPSA) is 20.3 Å². The SMILES string of the molecule is CCC(=O)[C@H]1[C@@H](c2ccc(C(C)(C)C)cc2)C[C@@H]2CC[C@H]1N2C. The van der Waals surface area contributed by atoms with Crippen molar-refractivity contribution >= 4 is 5.78 Å². The van der Waals surface area contributed by atoms with Gasteiger partial charge < -0.3 is 0 Å². The number of benzene rings is 1. The number of piperidine rings is 1. The van der Waals surface area contributed by atoms with Gasteiger partial charge in [0.25, 0.3) is 0 Å². The Hall–Kier alpha value is -1.15. The van der Waals surface area contributed by atoms with Crippen LogP contribution < -0.4 is 0 Å². The summed E-state index contributed by atoms with van der Waals surface area (Å²) in [6, 6.07) is 10.2. The van der Waals surface area contributed by atoms with Gasteiger partial charge in [0.1, 0.15) is 5.78 Å². The van der Waals surface area contributed by atoms with Crippen LogP contribution in [-0.4, -0.2) is 29.8 Å². The lowest BCUT2D eigenvalue weighted by Crippen LogP contribution is -2.48. The summed E-state index contributed by atoms with van der Waals surface area (Å²) in [4.78, 5) is 15.2. The molecule has 2 fully saturated rings. The molecule has 3 rings (SSSR count). The first-order chi connectivity index (χ1) is 10.8. The lowest BCUT2D eigenvalue weighted by Gasteiger charge is -2.42. The molecule has 0 spiro atoms. The minimum absolute atomic E-state index is 0.184. The zero-order chi connectivity index (χ0) is 16.8. The van der Waals surface area contributed by atoms with Crippen LogP contribution >= 0.6 is 0 Å². The number of hydrogen-bond donors (Lipinski definition) is 0. The van der Waals surface area contributed by atoms with E-state index in [0.29, 0.717) is 30.2 Å². The monoisotopic (exact) mass is 313 g/mol. The number of hydrogen-bond acceptors (Lipinski definition) is 2. The van der Waals surface area contributed by atoms with Gasteiger partial charge in [-0.05, 0) is 48.8 Å². The lowest BCUT2D eigenvalue weighted by atomic mass is 9.73. The van der Waals surface area contributed by atoms with Gasteiger partial charge in [-0.15, -0.1) is 0 Å². The Morgan fingerprint density at radius 2 is 1.83 bits per heavy atom. The Morgan fingerprint density at radius 3 is 2.39 bits per heavy atom. The average molecular weight is 313 g/mol. The van der Waals surface area contributed by atoms with Crippen LogP contribution in [0.4, 0.5) is 0 Å². The minimum atomic E-state index is 0.184. The van der Waals surface area contributed by atoms with E-state index in [2.05, 4.69) is 57.0 Å². The summed E-state index contributed by atoms with van der Waals surface area (Å²) in [6.45, 7) is 8.77. The molecular formula is C21H31NO. The molecule has 23 heavy (non-hydrogen) atoms. The van der Waals surface area contributed by atoms with Gasteiger partial charge in [0.2, 0.25) is 0 Å². The maximum absolute atomic E-state index is 12.7.